The normalized spacial score (nSPS) is 14.4. The third kappa shape index (κ3) is 5.92. The predicted molar refractivity (Wildman–Crippen MR) is 113 cm³/mol. The van der Waals surface area contributed by atoms with E-state index in [4.69, 9.17) is 9.47 Å². The molecule has 7 heteroatoms. The van der Waals surface area contributed by atoms with Crippen molar-refractivity contribution >= 4 is 18.0 Å². The molecule has 1 aliphatic rings. The Hall–Kier alpha value is -3.66. The molecule has 0 radical (unpaired) electrons. The van der Waals surface area contributed by atoms with Gasteiger partial charge in [-0.1, -0.05) is 25.3 Å². The average Bonchev–Trinajstić information content (AvgIpc) is 2.79. The number of nitriles is 1. The molecule has 1 saturated carbocycles. The van der Waals surface area contributed by atoms with Crippen LogP contribution in [-0.4, -0.2) is 25.0 Å². The summed E-state index contributed by atoms with van der Waals surface area (Å²) in [6, 6.07) is 11.7. The maximum absolute atomic E-state index is 13.0. The van der Waals surface area contributed by atoms with Gasteiger partial charge in [0.05, 0.1) is 12.7 Å². The summed E-state index contributed by atoms with van der Waals surface area (Å²) < 4.78 is 23.7. The minimum Gasteiger partial charge on any atom is -0.493 e. The van der Waals surface area contributed by atoms with E-state index in [1.165, 1.54) is 49.9 Å². The first-order valence-electron chi connectivity index (χ1n) is 10.1. The summed E-state index contributed by atoms with van der Waals surface area (Å²) in [4.78, 5) is 24.7. The van der Waals surface area contributed by atoms with Crippen molar-refractivity contribution in [3.05, 3.63) is 65.0 Å². The lowest BCUT2D eigenvalue weighted by atomic mass is 9.95. The van der Waals surface area contributed by atoms with E-state index in [2.05, 4.69) is 5.32 Å². The average molecular weight is 422 g/mol. The van der Waals surface area contributed by atoms with E-state index in [1.54, 1.807) is 12.1 Å². The Labute approximate surface area is 180 Å². The highest BCUT2D eigenvalue weighted by Crippen LogP contribution is 2.30. The second-order valence-electron chi connectivity index (χ2n) is 7.28. The third-order valence-corrected chi connectivity index (χ3v) is 5.09. The van der Waals surface area contributed by atoms with Crippen molar-refractivity contribution < 1.29 is 23.5 Å². The molecule has 1 amide bonds. The molecular formula is C24H23FN2O4. The fourth-order valence-corrected chi connectivity index (χ4v) is 3.43. The van der Waals surface area contributed by atoms with Crippen LogP contribution in [0, 0.1) is 17.1 Å². The number of benzene rings is 2. The van der Waals surface area contributed by atoms with E-state index in [-0.39, 0.29) is 28.7 Å². The predicted octanol–water partition coefficient (Wildman–Crippen LogP) is 4.41. The lowest BCUT2D eigenvalue weighted by Crippen LogP contribution is -2.36. The standard InChI is InChI=1S/C24H23FN2O4/c1-30-22-14-16(13-18(15-26)23(28)27-20-5-3-2-4-6-20)7-12-21(22)31-24(29)17-8-10-19(25)11-9-17/h7-14,20H,2-6H2,1H3,(H,27,28)/b18-13+. The molecule has 1 N–H and O–H groups in total. The van der Waals surface area contributed by atoms with Gasteiger partial charge in [0.15, 0.2) is 11.5 Å². The van der Waals surface area contributed by atoms with E-state index in [0.717, 1.165) is 25.7 Å². The quantitative estimate of drug-likeness (QED) is 0.322. The SMILES string of the molecule is COc1cc(/C=C(\C#N)C(=O)NC2CCCCC2)ccc1OC(=O)c1ccc(F)cc1. The Morgan fingerprint density at radius 3 is 2.45 bits per heavy atom. The number of esters is 1. The summed E-state index contributed by atoms with van der Waals surface area (Å²) >= 11 is 0. The van der Waals surface area contributed by atoms with E-state index < -0.39 is 17.7 Å². The lowest BCUT2D eigenvalue weighted by molar-refractivity contribution is -0.117. The molecule has 6 nitrogen and oxygen atoms in total. The molecule has 0 bridgehead atoms. The molecule has 0 heterocycles. The first-order valence-corrected chi connectivity index (χ1v) is 10.1. The van der Waals surface area contributed by atoms with Crippen molar-refractivity contribution in [3.63, 3.8) is 0 Å². The fraction of sp³-hybridized carbons (Fsp3) is 0.292. The number of nitrogens with one attached hydrogen (secondary N) is 1. The van der Waals surface area contributed by atoms with Gasteiger partial charge >= 0.3 is 5.97 Å². The first-order chi connectivity index (χ1) is 15.0. The van der Waals surface area contributed by atoms with Gasteiger partial charge in [0.2, 0.25) is 0 Å². The van der Waals surface area contributed by atoms with Crippen molar-refractivity contribution in [2.24, 2.45) is 0 Å². The Bertz CT molecular complexity index is 1020. The maximum Gasteiger partial charge on any atom is 0.343 e. The van der Waals surface area contributed by atoms with Gasteiger partial charge in [-0.15, -0.1) is 0 Å². The number of rotatable bonds is 6. The van der Waals surface area contributed by atoms with Gasteiger partial charge in [0.1, 0.15) is 17.5 Å². The summed E-state index contributed by atoms with van der Waals surface area (Å²) in [5, 5.41) is 12.3. The lowest BCUT2D eigenvalue weighted by Gasteiger charge is -2.22. The molecule has 0 saturated heterocycles. The molecule has 2 aromatic carbocycles. The summed E-state index contributed by atoms with van der Waals surface area (Å²) in [6.45, 7) is 0. The molecule has 3 rings (SSSR count). The van der Waals surface area contributed by atoms with Crippen LogP contribution in [-0.2, 0) is 4.79 Å². The maximum atomic E-state index is 13.0. The summed E-state index contributed by atoms with van der Waals surface area (Å²) in [5.41, 5.74) is 0.732. The van der Waals surface area contributed by atoms with Gasteiger partial charge in [0, 0.05) is 6.04 Å². The monoisotopic (exact) mass is 422 g/mol. The van der Waals surface area contributed by atoms with Crippen LogP contribution in [0.2, 0.25) is 0 Å². The van der Waals surface area contributed by atoms with Crippen molar-refractivity contribution in [1.29, 1.82) is 5.26 Å². The Morgan fingerprint density at radius 1 is 1.10 bits per heavy atom. The molecule has 0 unspecified atom stereocenters. The van der Waals surface area contributed by atoms with E-state index in [0.29, 0.717) is 5.56 Å². The van der Waals surface area contributed by atoms with Gasteiger partial charge in [-0.2, -0.15) is 5.26 Å². The van der Waals surface area contributed by atoms with Gasteiger partial charge < -0.3 is 14.8 Å². The van der Waals surface area contributed by atoms with Crippen LogP contribution in [0.3, 0.4) is 0 Å². The molecule has 0 aliphatic heterocycles. The number of methoxy groups -OCH3 is 1. The van der Waals surface area contributed by atoms with Crippen LogP contribution in [0.15, 0.2) is 48.0 Å². The minimum absolute atomic E-state index is 0.0105. The van der Waals surface area contributed by atoms with E-state index in [9.17, 15) is 19.2 Å². The molecule has 31 heavy (non-hydrogen) atoms. The Balaban J connectivity index is 1.74. The Morgan fingerprint density at radius 2 is 1.81 bits per heavy atom. The summed E-state index contributed by atoms with van der Waals surface area (Å²) in [5.74, 6) is -1.09. The number of hydrogen-bond acceptors (Lipinski definition) is 5. The van der Waals surface area contributed by atoms with Crippen LogP contribution < -0.4 is 14.8 Å². The fourth-order valence-electron chi connectivity index (χ4n) is 3.43. The number of nitrogens with zero attached hydrogens (tertiary/aromatic N) is 1. The van der Waals surface area contributed by atoms with Crippen LogP contribution in [0.1, 0.15) is 48.0 Å². The molecule has 0 atom stereocenters. The second kappa shape index (κ2) is 10.4. The van der Waals surface area contributed by atoms with Crippen LogP contribution >= 0.6 is 0 Å². The number of ether oxygens (including phenoxy) is 2. The van der Waals surface area contributed by atoms with Gasteiger partial charge in [-0.05, 0) is 60.9 Å². The van der Waals surface area contributed by atoms with Crippen molar-refractivity contribution in [3.8, 4) is 17.6 Å². The first kappa shape index (κ1) is 22.0. The zero-order valence-corrected chi connectivity index (χ0v) is 17.2. The molecule has 160 valence electrons. The summed E-state index contributed by atoms with van der Waals surface area (Å²) in [6.07, 6.45) is 6.63. The molecule has 0 aromatic heterocycles. The third-order valence-electron chi connectivity index (χ3n) is 5.09. The van der Waals surface area contributed by atoms with Crippen molar-refractivity contribution in [2.45, 2.75) is 38.1 Å². The van der Waals surface area contributed by atoms with Crippen molar-refractivity contribution in [1.82, 2.24) is 5.32 Å². The van der Waals surface area contributed by atoms with Crippen LogP contribution in [0.5, 0.6) is 11.5 Å². The van der Waals surface area contributed by atoms with Crippen molar-refractivity contribution in [2.75, 3.05) is 7.11 Å². The van der Waals surface area contributed by atoms with E-state index in [1.807, 2.05) is 6.07 Å². The number of halogens is 1. The molecule has 1 aliphatic carbocycles. The zero-order valence-electron chi connectivity index (χ0n) is 17.2. The minimum atomic E-state index is -0.661. The number of hydrogen-bond donors (Lipinski definition) is 1. The van der Waals surface area contributed by atoms with Crippen LogP contribution in [0.25, 0.3) is 6.08 Å². The summed E-state index contributed by atoms with van der Waals surface area (Å²) in [7, 11) is 1.42. The molecular weight excluding hydrogens is 399 g/mol. The van der Waals surface area contributed by atoms with Crippen LogP contribution in [0.4, 0.5) is 4.39 Å². The highest BCUT2D eigenvalue weighted by atomic mass is 19.1. The molecule has 1 fully saturated rings. The highest BCUT2D eigenvalue weighted by molar-refractivity contribution is 6.02. The van der Waals surface area contributed by atoms with Gasteiger partial charge in [-0.25, -0.2) is 9.18 Å². The zero-order chi connectivity index (χ0) is 22.2. The largest absolute Gasteiger partial charge is 0.493 e. The van der Waals surface area contributed by atoms with Gasteiger partial charge in [-0.3, -0.25) is 4.79 Å². The van der Waals surface area contributed by atoms with E-state index >= 15 is 0 Å². The number of carbonyl (C=O) groups is 2. The number of amides is 1. The second-order valence-corrected chi connectivity index (χ2v) is 7.28. The topological polar surface area (TPSA) is 88.4 Å². The Kier molecular flexibility index (Phi) is 7.39. The number of carbonyl (C=O) groups excluding carboxylic acids is 2. The highest BCUT2D eigenvalue weighted by Gasteiger charge is 2.18. The molecule has 0 spiro atoms. The smallest absolute Gasteiger partial charge is 0.343 e. The molecule has 2 aromatic rings. The van der Waals surface area contributed by atoms with Gasteiger partial charge in [0.25, 0.3) is 5.91 Å².